The molecule has 4 heteroatoms. The quantitative estimate of drug-likeness (QED) is 0.841. The molecule has 0 aromatic heterocycles. The molecule has 116 valence electrons. The molecular formula is C16H29ClN2O. The van der Waals surface area contributed by atoms with Gasteiger partial charge < -0.3 is 15.4 Å². The molecule has 0 amide bonds. The largest absolute Gasteiger partial charge is 0.492 e. The summed E-state index contributed by atoms with van der Waals surface area (Å²) in [5.41, 5.74) is 8.31. The highest BCUT2D eigenvalue weighted by molar-refractivity contribution is 5.85. The molecule has 0 heterocycles. The van der Waals surface area contributed by atoms with Crippen LogP contribution < -0.4 is 10.5 Å². The molecule has 20 heavy (non-hydrogen) atoms. The van der Waals surface area contributed by atoms with Gasteiger partial charge in [-0.3, -0.25) is 0 Å². The lowest BCUT2D eigenvalue weighted by Crippen LogP contribution is -2.38. The zero-order valence-corrected chi connectivity index (χ0v) is 14.2. The van der Waals surface area contributed by atoms with Crippen LogP contribution in [0.5, 0.6) is 5.75 Å². The predicted molar refractivity (Wildman–Crippen MR) is 89.0 cm³/mol. The van der Waals surface area contributed by atoms with E-state index in [4.69, 9.17) is 10.5 Å². The van der Waals surface area contributed by atoms with Crippen molar-refractivity contribution in [3.8, 4) is 5.75 Å². The lowest BCUT2D eigenvalue weighted by molar-refractivity contribution is 0.181. The Bertz CT molecular complexity index is 387. The maximum atomic E-state index is 5.91. The van der Waals surface area contributed by atoms with Crippen LogP contribution in [0.15, 0.2) is 18.2 Å². The van der Waals surface area contributed by atoms with Gasteiger partial charge in [0, 0.05) is 13.1 Å². The molecule has 1 rings (SSSR count). The fourth-order valence-electron chi connectivity index (χ4n) is 2.20. The molecule has 1 aromatic carbocycles. The van der Waals surface area contributed by atoms with Gasteiger partial charge in [-0.1, -0.05) is 32.0 Å². The number of halogens is 1. The van der Waals surface area contributed by atoms with Crippen molar-refractivity contribution in [2.24, 2.45) is 11.1 Å². The summed E-state index contributed by atoms with van der Waals surface area (Å²) in [5.74, 6) is 1.02. The van der Waals surface area contributed by atoms with Crippen LogP contribution in [0.1, 0.15) is 25.0 Å². The van der Waals surface area contributed by atoms with E-state index in [1.807, 2.05) is 0 Å². The van der Waals surface area contributed by atoms with Gasteiger partial charge in [0.15, 0.2) is 0 Å². The van der Waals surface area contributed by atoms with Crippen LogP contribution >= 0.6 is 12.4 Å². The number of aryl methyl sites for hydroxylation is 2. The second-order valence-corrected chi connectivity index (χ2v) is 6.18. The average Bonchev–Trinajstić information content (AvgIpc) is 2.32. The molecule has 2 N–H and O–H groups in total. The Hall–Kier alpha value is -0.770. The summed E-state index contributed by atoms with van der Waals surface area (Å²) in [6, 6.07) is 6.24. The summed E-state index contributed by atoms with van der Waals surface area (Å²) in [6.45, 7) is 11.9. The number of hydrogen-bond donors (Lipinski definition) is 1. The average molecular weight is 301 g/mol. The van der Waals surface area contributed by atoms with Crippen molar-refractivity contribution < 1.29 is 4.74 Å². The van der Waals surface area contributed by atoms with Gasteiger partial charge >= 0.3 is 0 Å². The number of benzene rings is 1. The number of likely N-dealkylation sites (N-methyl/N-ethyl adjacent to an activating group) is 1. The van der Waals surface area contributed by atoms with Crippen LogP contribution in [0.4, 0.5) is 0 Å². The van der Waals surface area contributed by atoms with Crippen molar-refractivity contribution in [2.45, 2.75) is 27.7 Å². The molecule has 0 bridgehead atoms. The Balaban J connectivity index is 0.00000361. The molecule has 0 radical (unpaired) electrons. The van der Waals surface area contributed by atoms with Crippen LogP contribution in [0.2, 0.25) is 0 Å². The summed E-state index contributed by atoms with van der Waals surface area (Å²) < 4.78 is 5.91. The van der Waals surface area contributed by atoms with Gasteiger partial charge in [0.2, 0.25) is 0 Å². The number of ether oxygens (including phenoxy) is 1. The van der Waals surface area contributed by atoms with E-state index in [1.165, 1.54) is 11.1 Å². The maximum Gasteiger partial charge on any atom is 0.125 e. The van der Waals surface area contributed by atoms with E-state index in [0.29, 0.717) is 13.2 Å². The standard InChI is InChI=1S/C16H28N2O.ClH/c1-13-7-6-8-14(2)15(13)19-10-9-18(5)12-16(3,4)11-17;/h6-8H,9-12,17H2,1-5H3;1H. The van der Waals surface area contributed by atoms with E-state index < -0.39 is 0 Å². The summed E-state index contributed by atoms with van der Waals surface area (Å²) in [6.07, 6.45) is 0. The Labute approximate surface area is 129 Å². The van der Waals surface area contributed by atoms with E-state index in [0.717, 1.165) is 18.8 Å². The Morgan fingerprint density at radius 1 is 1.20 bits per heavy atom. The van der Waals surface area contributed by atoms with Crippen LogP contribution in [-0.4, -0.2) is 38.2 Å². The third kappa shape index (κ3) is 6.12. The van der Waals surface area contributed by atoms with E-state index in [-0.39, 0.29) is 17.8 Å². The first kappa shape index (κ1) is 19.2. The number of nitrogens with two attached hydrogens (primary N) is 1. The lowest BCUT2D eigenvalue weighted by Gasteiger charge is -2.29. The maximum absolute atomic E-state index is 5.91. The topological polar surface area (TPSA) is 38.5 Å². The third-order valence-electron chi connectivity index (χ3n) is 3.38. The van der Waals surface area contributed by atoms with Gasteiger partial charge in [-0.2, -0.15) is 0 Å². The molecule has 0 saturated carbocycles. The minimum absolute atomic E-state index is 0. The Morgan fingerprint density at radius 3 is 2.25 bits per heavy atom. The molecule has 0 saturated heterocycles. The minimum atomic E-state index is 0. The number of para-hydroxylation sites is 1. The summed E-state index contributed by atoms with van der Waals surface area (Å²) >= 11 is 0. The number of hydrogen-bond acceptors (Lipinski definition) is 3. The molecule has 0 spiro atoms. The molecule has 1 aromatic rings. The highest BCUT2D eigenvalue weighted by Gasteiger charge is 2.17. The minimum Gasteiger partial charge on any atom is -0.492 e. The fourth-order valence-corrected chi connectivity index (χ4v) is 2.20. The smallest absolute Gasteiger partial charge is 0.125 e. The Kier molecular flexibility index (Phi) is 8.17. The lowest BCUT2D eigenvalue weighted by atomic mass is 9.93. The first-order valence-corrected chi connectivity index (χ1v) is 6.93. The number of nitrogens with zero attached hydrogens (tertiary/aromatic N) is 1. The van der Waals surface area contributed by atoms with Crippen molar-refractivity contribution in [3.05, 3.63) is 29.3 Å². The van der Waals surface area contributed by atoms with E-state index in [1.54, 1.807) is 0 Å². The predicted octanol–water partition coefficient (Wildman–Crippen LogP) is 3.02. The number of rotatable bonds is 7. The van der Waals surface area contributed by atoms with Crippen molar-refractivity contribution >= 4 is 12.4 Å². The van der Waals surface area contributed by atoms with Gasteiger partial charge in [0.05, 0.1) is 0 Å². The SMILES string of the molecule is Cc1cccc(C)c1OCCN(C)CC(C)(C)CN.Cl. The summed E-state index contributed by atoms with van der Waals surface area (Å²) in [5, 5.41) is 0. The first-order valence-electron chi connectivity index (χ1n) is 6.93. The molecular weight excluding hydrogens is 272 g/mol. The van der Waals surface area contributed by atoms with E-state index in [9.17, 15) is 0 Å². The van der Waals surface area contributed by atoms with Crippen molar-refractivity contribution in [1.82, 2.24) is 4.90 Å². The van der Waals surface area contributed by atoms with Gasteiger partial charge in [0.25, 0.3) is 0 Å². The zero-order valence-electron chi connectivity index (χ0n) is 13.4. The molecule has 0 aliphatic carbocycles. The van der Waals surface area contributed by atoms with Gasteiger partial charge in [-0.15, -0.1) is 12.4 Å². The van der Waals surface area contributed by atoms with Gasteiger partial charge in [-0.05, 0) is 44.0 Å². The monoisotopic (exact) mass is 300 g/mol. The molecule has 0 aliphatic rings. The van der Waals surface area contributed by atoms with Gasteiger partial charge in [0.1, 0.15) is 12.4 Å². The van der Waals surface area contributed by atoms with Gasteiger partial charge in [-0.25, -0.2) is 0 Å². The molecule has 0 unspecified atom stereocenters. The summed E-state index contributed by atoms with van der Waals surface area (Å²) in [4.78, 5) is 2.28. The third-order valence-corrected chi connectivity index (χ3v) is 3.38. The van der Waals surface area contributed by atoms with Crippen LogP contribution in [0.25, 0.3) is 0 Å². The molecule has 0 aliphatic heterocycles. The molecule has 0 atom stereocenters. The second-order valence-electron chi connectivity index (χ2n) is 6.18. The molecule has 0 fully saturated rings. The highest BCUT2D eigenvalue weighted by atomic mass is 35.5. The van der Waals surface area contributed by atoms with Crippen LogP contribution in [0.3, 0.4) is 0 Å². The van der Waals surface area contributed by atoms with Crippen molar-refractivity contribution in [1.29, 1.82) is 0 Å². The van der Waals surface area contributed by atoms with Crippen LogP contribution in [-0.2, 0) is 0 Å². The normalized spacial score (nSPS) is 11.3. The summed E-state index contributed by atoms with van der Waals surface area (Å²) in [7, 11) is 2.12. The highest BCUT2D eigenvalue weighted by Crippen LogP contribution is 2.22. The zero-order chi connectivity index (χ0) is 14.5. The Morgan fingerprint density at radius 2 is 1.75 bits per heavy atom. The van der Waals surface area contributed by atoms with Crippen molar-refractivity contribution in [3.63, 3.8) is 0 Å². The van der Waals surface area contributed by atoms with Crippen LogP contribution in [0, 0.1) is 19.3 Å². The first-order chi connectivity index (χ1) is 8.85. The van der Waals surface area contributed by atoms with Crippen molar-refractivity contribution in [2.75, 3.05) is 33.3 Å². The fraction of sp³-hybridized carbons (Fsp3) is 0.625. The second kappa shape index (κ2) is 8.50. The van der Waals surface area contributed by atoms with E-state index in [2.05, 4.69) is 57.8 Å². The molecule has 3 nitrogen and oxygen atoms in total. The van der Waals surface area contributed by atoms with E-state index >= 15 is 0 Å².